The van der Waals surface area contributed by atoms with E-state index in [9.17, 15) is 14.4 Å². The van der Waals surface area contributed by atoms with Crippen LogP contribution >= 0.6 is 0 Å². The molecule has 0 bridgehead atoms. The maximum atomic E-state index is 11.4. The summed E-state index contributed by atoms with van der Waals surface area (Å²) >= 11 is 0. The van der Waals surface area contributed by atoms with E-state index in [0.29, 0.717) is 0 Å². The van der Waals surface area contributed by atoms with Crippen LogP contribution in [-0.4, -0.2) is 28.3 Å². The first-order valence-electron chi connectivity index (χ1n) is 4.03. The number of urea groups is 1. The minimum Gasteiger partial charge on any atom is -0.277 e. The first-order valence-corrected chi connectivity index (χ1v) is 4.03. The summed E-state index contributed by atoms with van der Waals surface area (Å²) in [6.45, 7) is 3.11. The average molecular weight is 194 g/mol. The average Bonchev–Trinajstić information content (AvgIpc) is 2.01. The molecule has 14 heavy (non-hydrogen) atoms. The summed E-state index contributed by atoms with van der Waals surface area (Å²) in [5.74, 6) is 1.16. The Kier molecular flexibility index (Phi) is 2.30. The SMILES string of the molecule is C#CC(C)(C)N1C(=O)CC(=O)NC1=O. The van der Waals surface area contributed by atoms with Gasteiger partial charge >= 0.3 is 6.03 Å². The Labute approximate surface area is 81.4 Å². The zero-order valence-corrected chi connectivity index (χ0v) is 7.96. The lowest BCUT2D eigenvalue weighted by Crippen LogP contribution is -2.59. The van der Waals surface area contributed by atoms with Crippen molar-refractivity contribution in [2.24, 2.45) is 0 Å². The standard InChI is InChI=1S/C9H10N2O3/c1-4-9(2,3)11-7(13)5-6(12)10-8(11)14/h1H,5H2,2-3H3,(H,10,12,14). The lowest BCUT2D eigenvalue weighted by molar-refractivity contribution is -0.138. The van der Waals surface area contributed by atoms with E-state index in [4.69, 9.17) is 6.42 Å². The van der Waals surface area contributed by atoms with E-state index in [1.807, 2.05) is 5.32 Å². The lowest BCUT2D eigenvalue weighted by atomic mass is 10.0. The fourth-order valence-electron chi connectivity index (χ4n) is 1.18. The number of nitrogens with zero attached hydrogens (tertiary/aromatic N) is 1. The highest BCUT2D eigenvalue weighted by atomic mass is 16.2. The molecule has 1 fully saturated rings. The Morgan fingerprint density at radius 2 is 2.00 bits per heavy atom. The van der Waals surface area contributed by atoms with Crippen LogP contribution in [0, 0.1) is 12.3 Å². The third-order valence-electron chi connectivity index (χ3n) is 1.92. The van der Waals surface area contributed by atoms with Gasteiger partial charge in [-0.25, -0.2) is 9.69 Å². The van der Waals surface area contributed by atoms with Crippen molar-refractivity contribution in [2.75, 3.05) is 0 Å². The summed E-state index contributed by atoms with van der Waals surface area (Å²) < 4.78 is 0. The molecular formula is C9H10N2O3. The molecule has 0 atom stereocenters. The van der Waals surface area contributed by atoms with Crippen molar-refractivity contribution in [2.45, 2.75) is 25.8 Å². The highest BCUT2D eigenvalue weighted by molar-refractivity contribution is 6.14. The largest absolute Gasteiger partial charge is 0.332 e. The Hall–Kier alpha value is -1.83. The number of rotatable bonds is 1. The van der Waals surface area contributed by atoms with Gasteiger partial charge in [0.2, 0.25) is 11.8 Å². The Bertz CT molecular complexity index is 332. The van der Waals surface area contributed by atoms with Crippen LogP contribution in [0.5, 0.6) is 0 Å². The van der Waals surface area contributed by atoms with E-state index >= 15 is 0 Å². The second-order valence-electron chi connectivity index (χ2n) is 3.46. The molecule has 5 nitrogen and oxygen atoms in total. The number of carbonyl (C=O) groups is 3. The third-order valence-corrected chi connectivity index (χ3v) is 1.92. The molecule has 1 rings (SSSR count). The first kappa shape index (κ1) is 10.3. The van der Waals surface area contributed by atoms with Gasteiger partial charge in [0.15, 0.2) is 0 Å². The molecule has 1 heterocycles. The van der Waals surface area contributed by atoms with Crippen molar-refractivity contribution in [1.82, 2.24) is 10.2 Å². The molecule has 4 amide bonds. The molecule has 0 spiro atoms. The molecule has 1 aliphatic rings. The summed E-state index contributed by atoms with van der Waals surface area (Å²) in [5.41, 5.74) is -1.01. The smallest absolute Gasteiger partial charge is 0.277 e. The number of nitrogens with one attached hydrogen (secondary N) is 1. The van der Waals surface area contributed by atoms with Gasteiger partial charge in [-0.3, -0.25) is 14.9 Å². The van der Waals surface area contributed by atoms with Crippen LogP contribution in [0.2, 0.25) is 0 Å². The monoisotopic (exact) mass is 194 g/mol. The summed E-state index contributed by atoms with van der Waals surface area (Å²) in [6.07, 6.45) is 4.85. The van der Waals surface area contributed by atoms with E-state index in [1.165, 1.54) is 0 Å². The van der Waals surface area contributed by atoms with Crippen molar-refractivity contribution in [1.29, 1.82) is 0 Å². The van der Waals surface area contributed by atoms with E-state index in [1.54, 1.807) is 13.8 Å². The Morgan fingerprint density at radius 3 is 2.43 bits per heavy atom. The van der Waals surface area contributed by atoms with Crippen LogP contribution in [0.4, 0.5) is 4.79 Å². The Balaban J connectivity index is 3.01. The van der Waals surface area contributed by atoms with Crippen LogP contribution < -0.4 is 5.32 Å². The Morgan fingerprint density at radius 1 is 1.43 bits per heavy atom. The molecule has 1 saturated heterocycles. The van der Waals surface area contributed by atoms with Gasteiger partial charge < -0.3 is 0 Å². The summed E-state index contributed by atoms with van der Waals surface area (Å²) in [6, 6.07) is -0.755. The van der Waals surface area contributed by atoms with Crippen molar-refractivity contribution < 1.29 is 14.4 Å². The topological polar surface area (TPSA) is 66.5 Å². The molecule has 0 saturated carbocycles. The molecule has 0 aromatic rings. The predicted octanol–water partition coefficient (Wildman–Crippen LogP) is -0.133. The summed E-state index contributed by atoms with van der Waals surface area (Å²) in [7, 11) is 0. The van der Waals surface area contributed by atoms with Crippen LogP contribution in [0.3, 0.4) is 0 Å². The van der Waals surface area contributed by atoms with Crippen LogP contribution in [0.15, 0.2) is 0 Å². The molecule has 1 N–H and O–H groups in total. The van der Waals surface area contributed by atoms with Crippen LogP contribution in [0.25, 0.3) is 0 Å². The zero-order valence-electron chi connectivity index (χ0n) is 7.96. The van der Waals surface area contributed by atoms with Crippen molar-refractivity contribution in [3.05, 3.63) is 0 Å². The predicted molar refractivity (Wildman–Crippen MR) is 47.9 cm³/mol. The van der Waals surface area contributed by atoms with Crippen LogP contribution in [0.1, 0.15) is 20.3 Å². The molecule has 0 aromatic carbocycles. The van der Waals surface area contributed by atoms with E-state index in [0.717, 1.165) is 4.90 Å². The van der Waals surface area contributed by atoms with Crippen LogP contribution in [-0.2, 0) is 9.59 Å². The summed E-state index contributed by atoms with van der Waals surface area (Å²) in [4.78, 5) is 34.4. The highest BCUT2D eigenvalue weighted by Gasteiger charge is 2.39. The number of imide groups is 2. The molecule has 0 aliphatic carbocycles. The molecule has 1 aliphatic heterocycles. The molecule has 0 radical (unpaired) electrons. The first-order chi connectivity index (χ1) is 6.38. The normalized spacial score (nSPS) is 17.8. The molecule has 74 valence electrons. The van der Waals surface area contributed by atoms with Gasteiger partial charge in [-0.2, -0.15) is 0 Å². The maximum absolute atomic E-state index is 11.4. The summed E-state index contributed by atoms with van der Waals surface area (Å²) in [5, 5.41) is 2.03. The fraction of sp³-hybridized carbons (Fsp3) is 0.444. The maximum Gasteiger partial charge on any atom is 0.332 e. The fourth-order valence-corrected chi connectivity index (χ4v) is 1.18. The van der Waals surface area contributed by atoms with Gasteiger partial charge in [0, 0.05) is 0 Å². The minimum absolute atomic E-state index is 0.336. The number of terminal acetylenes is 1. The van der Waals surface area contributed by atoms with Crippen molar-refractivity contribution in [3.63, 3.8) is 0 Å². The van der Waals surface area contributed by atoms with Gasteiger partial charge in [-0.15, -0.1) is 6.42 Å². The minimum atomic E-state index is -1.01. The van der Waals surface area contributed by atoms with Crippen molar-refractivity contribution >= 4 is 17.8 Å². The van der Waals surface area contributed by atoms with E-state index in [2.05, 4.69) is 5.92 Å². The number of amides is 4. The van der Waals surface area contributed by atoms with Gasteiger partial charge in [0.25, 0.3) is 0 Å². The number of hydrogen-bond acceptors (Lipinski definition) is 3. The quantitative estimate of drug-likeness (QED) is 0.467. The second-order valence-corrected chi connectivity index (χ2v) is 3.46. The second kappa shape index (κ2) is 3.14. The molecule has 5 heteroatoms. The third kappa shape index (κ3) is 1.59. The van der Waals surface area contributed by atoms with Gasteiger partial charge in [-0.05, 0) is 13.8 Å². The van der Waals surface area contributed by atoms with E-state index in [-0.39, 0.29) is 6.42 Å². The number of barbiturate groups is 1. The van der Waals surface area contributed by atoms with E-state index < -0.39 is 23.4 Å². The number of hydrogen-bond donors (Lipinski definition) is 1. The molecule has 0 unspecified atom stereocenters. The molecular weight excluding hydrogens is 184 g/mol. The molecule has 0 aromatic heterocycles. The highest BCUT2D eigenvalue weighted by Crippen LogP contribution is 2.17. The lowest BCUT2D eigenvalue weighted by Gasteiger charge is -2.34. The van der Waals surface area contributed by atoms with Crippen molar-refractivity contribution in [3.8, 4) is 12.3 Å². The zero-order chi connectivity index (χ0) is 10.9. The van der Waals surface area contributed by atoms with Gasteiger partial charge in [-0.1, -0.05) is 5.92 Å². The number of carbonyl (C=O) groups excluding carboxylic acids is 3. The van der Waals surface area contributed by atoms with Gasteiger partial charge in [0.1, 0.15) is 12.0 Å². The van der Waals surface area contributed by atoms with Gasteiger partial charge in [0.05, 0.1) is 0 Å².